The molecule has 28 rings (SSSR count). The van der Waals surface area contributed by atoms with Gasteiger partial charge in [-0.2, -0.15) is 0 Å². The zero-order valence-corrected chi connectivity index (χ0v) is 77.4. The minimum atomic E-state index is 1.16. The Balaban J connectivity index is 0.000000109. The molecular weight excluding hydrogens is 1700 g/mol. The lowest BCUT2D eigenvalue weighted by Gasteiger charge is -2.20. The molecule has 0 aliphatic heterocycles. The molecule has 0 fully saturated rings. The lowest BCUT2D eigenvalue weighted by atomic mass is 9.84. The molecule has 25 aromatic carbocycles. The summed E-state index contributed by atoms with van der Waals surface area (Å²) in [5.41, 5.74) is 35.6. The van der Waals surface area contributed by atoms with Crippen molar-refractivity contribution in [3.8, 4) is 128 Å². The van der Waals surface area contributed by atoms with Crippen molar-refractivity contribution in [3.05, 3.63) is 552 Å². The van der Waals surface area contributed by atoms with E-state index in [-0.39, 0.29) is 0 Å². The number of hydrogen-bond donors (Lipinski definition) is 0. The fourth-order valence-corrected chi connectivity index (χ4v) is 22.6. The molecule has 3 heteroatoms. The standard InChI is InChI=1S/C50H33N.2C44H29N/c1-2-13-34(14-3-1)35-25-27-36(28-26-35)37-29-31-38(32-30-37)49-43-19-4-6-21-45(43)50(46-22-7-5-20-44(46)49)39-15-12-16-40(33-39)51-47-23-10-8-17-41(47)42-18-9-11-24-48(42)51;1-2-14-30(15-3-1)31-16-12-17-32(28-31)43-37-22-4-6-24-39(37)44(40-25-7-5-23-38(40)43)33-18-13-19-34(29-33)45-41-26-10-8-20-35(41)36-21-9-11-27-42(36)45;1-2-15-30(16-3-1)33-19-4-5-22-36(33)44-39-25-8-6-23-37(39)43(38-24-7-9-26-40(38)44)31-17-14-18-32(29-31)45-41-27-12-10-20-34(41)35-21-11-13-28-42(35)45/h1-33H;2*1-29H. The molecule has 3 heterocycles. The van der Waals surface area contributed by atoms with Crippen molar-refractivity contribution in [2.75, 3.05) is 0 Å². The molecular formula is C138H91N3. The van der Waals surface area contributed by atoms with Gasteiger partial charge >= 0.3 is 0 Å². The normalized spacial score (nSPS) is 11.5. The largest absolute Gasteiger partial charge is 0.309 e. The molecule has 3 nitrogen and oxygen atoms in total. The van der Waals surface area contributed by atoms with Crippen LogP contribution >= 0.6 is 0 Å². The Morgan fingerprint density at radius 1 is 0.0922 bits per heavy atom. The van der Waals surface area contributed by atoms with Crippen molar-refractivity contribution in [1.29, 1.82) is 0 Å². The van der Waals surface area contributed by atoms with Crippen LogP contribution in [0.1, 0.15) is 0 Å². The molecule has 0 unspecified atom stereocenters. The highest BCUT2D eigenvalue weighted by Crippen LogP contribution is 2.51. The van der Waals surface area contributed by atoms with Crippen molar-refractivity contribution in [1.82, 2.24) is 13.7 Å². The molecule has 0 spiro atoms. The van der Waals surface area contributed by atoms with Crippen LogP contribution in [0.4, 0.5) is 0 Å². The first kappa shape index (κ1) is 83.1. The van der Waals surface area contributed by atoms with Gasteiger partial charge in [-0.1, -0.05) is 473 Å². The van der Waals surface area contributed by atoms with Gasteiger partial charge in [0, 0.05) is 49.4 Å². The highest BCUT2D eigenvalue weighted by atomic mass is 15.0. The summed E-state index contributed by atoms with van der Waals surface area (Å²) in [7, 11) is 0. The molecule has 658 valence electrons. The van der Waals surface area contributed by atoms with Gasteiger partial charge in [-0.3, -0.25) is 0 Å². The molecule has 0 radical (unpaired) electrons. The summed E-state index contributed by atoms with van der Waals surface area (Å²) in [6, 6.07) is 201. The van der Waals surface area contributed by atoms with E-state index in [4.69, 9.17) is 0 Å². The molecule has 141 heavy (non-hydrogen) atoms. The third-order valence-corrected chi connectivity index (χ3v) is 28.8. The van der Waals surface area contributed by atoms with Crippen LogP contribution in [-0.2, 0) is 0 Å². The Kier molecular flexibility index (Phi) is 21.0. The van der Waals surface area contributed by atoms with Gasteiger partial charge in [-0.15, -0.1) is 0 Å². The van der Waals surface area contributed by atoms with Crippen LogP contribution in [0.15, 0.2) is 552 Å². The summed E-state index contributed by atoms with van der Waals surface area (Å²) >= 11 is 0. The number of hydrogen-bond acceptors (Lipinski definition) is 0. The third kappa shape index (κ3) is 14.6. The zero-order chi connectivity index (χ0) is 93.2. The van der Waals surface area contributed by atoms with Gasteiger partial charge in [0.1, 0.15) is 0 Å². The molecule has 0 bridgehead atoms. The number of para-hydroxylation sites is 6. The van der Waals surface area contributed by atoms with E-state index in [0.717, 1.165) is 17.1 Å². The number of aromatic nitrogens is 3. The Hall–Kier alpha value is -18.5. The number of rotatable bonds is 13. The monoisotopic (exact) mass is 1790 g/mol. The highest BCUT2D eigenvalue weighted by Gasteiger charge is 2.25. The lowest BCUT2D eigenvalue weighted by molar-refractivity contribution is 1.18. The Labute approximate surface area is 818 Å². The van der Waals surface area contributed by atoms with E-state index in [1.807, 2.05) is 0 Å². The molecule has 0 amide bonds. The van der Waals surface area contributed by atoms with E-state index in [0.29, 0.717) is 0 Å². The quantitative estimate of drug-likeness (QED) is 0.102. The summed E-state index contributed by atoms with van der Waals surface area (Å²) in [6.45, 7) is 0. The van der Waals surface area contributed by atoms with Crippen molar-refractivity contribution >= 4 is 130 Å². The van der Waals surface area contributed by atoms with Gasteiger partial charge in [-0.25, -0.2) is 0 Å². The van der Waals surface area contributed by atoms with Crippen LogP contribution < -0.4 is 0 Å². The maximum absolute atomic E-state index is 2.41. The molecule has 0 saturated carbocycles. The number of fused-ring (bicyclic) bond motifs is 15. The van der Waals surface area contributed by atoms with E-state index in [9.17, 15) is 0 Å². The van der Waals surface area contributed by atoms with Gasteiger partial charge in [0.25, 0.3) is 0 Å². The van der Waals surface area contributed by atoms with Crippen molar-refractivity contribution in [3.63, 3.8) is 0 Å². The second kappa shape index (κ2) is 35.6. The first-order chi connectivity index (χ1) is 70.0. The lowest BCUT2D eigenvalue weighted by Crippen LogP contribution is -1.95. The average Bonchev–Trinajstić information content (AvgIpc) is 1.18. The van der Waals surface area contributed by atoms with Crippen LogP contribution in [0.25, 0.3) is 258 Å². The van der Waals surface area contributed by atoms with E-state index in [1.165, 1.54) is 241 Å². The smallest absolute Gasteiger partial charge is 0.0541 e. The van der Waals surface area contributed by atoms with Gasteiger partial charge in [0.05, 0.1) is 33.1 Å². The molecule has 3 aromatic heterocycles. The molecule has 0 atom stereocenters. The van der Waals surface area contributed by atoms with E-state index < -0.39 is 0 Å². The van der Waals surface area contributed by atoms with E-state index >= 15 is 0 Å². The second-order valence-electron chi connectivity index (χ2n) is 36.7. The minimum absolute atomic E-state index is 1.16. The number of nitrogens with zero attached hydrogens (tertiary/aromatic N) is 3. The Bertz CT molecular complexity index is 9390. The summed E-state index contributed by atoms with van der Waals surface area (Å²) < 4.78 is 7.22. The van der Waals surface area contributed by atoms with E-state index in [1.54, 1.807) is 0 Å². The maximum atomic E-state index is 2.41. The van der Waals surface area contributed by atoms with Gasteiger partial charge in [0.2, 0.25) is 0 Å². The van der Waals surface area contributed by atoms with E-state index in [2.05, 4.69) is 566 Å². The van der Waals surface area contributed by atoms with Crippen LogP contribution in [0, 0.1) is 0 Å². The predicted molar refractivity (Wildman–Crippen MR) is 602 cm³/mol. The van der Waals surface area contributed by atoms with Crippen LogP contribution in [0.2, 0.25) is 0 Å². The van der Waals surface area contributed by atoms with Crippen LogP contribution in [-0.4, -0.2) is 13.7 Å². The maximum Gasteiger partial charge on any atom is 0.0541 e. The predicted octanol–water partition coefficient (Wildman–Crippen LogP) is 37.9. The van der Waals surface area contributed by atoms with Crippen LogP contribution in [0.3, 0.4) is 0 Å². The Morgan fingerprint density at radius 3 is 0.553 bits per heavy atom. The zero-order valence-electron chi connectivity index (χ0n) is 77.4. The SMILES string of the molecule is c1ccc(-c2ccc(-c3ccc(-c4c5ccccc5c(-c5cccc(-n6c7ccccc7c7ccccc76)c5)c5ccccc45)cc3)cc2)cc1.c1ccc(-c2cccc(-c3c4ccccc4c(-c4cccc(-n5c6ccccc6c6ccccc65)c4)c4ccccc34)c2)cc1.c1ccc(-c2ccccc2-c2c3ccccc3c(-c3cccc(-n4c5ccccc5c5ccccc54)c3)c3ccccc23)cc1. The van der Waals surface area contributed by atoms with Gasteiger partial charge in [-0.05, 0) is 255 Å². The van der Waals surface area contributed by atoms with Gasteiger partial charge < -0.3 is 13.7 Å². The molecule has 0 N–H and O–H groups in total. The molecule has 0 saturated heterocycles. The molecule has 28 aromatic rings. The van der Waals surface area contributed by atoms with Crippen LogP contribution in [0.5, 0.6) is 0 Å². The fourth-order valence-electron chi connectivity index (χ4n) is 22.6. The summed E-state index contributed by atoms with van der Waals surface area (Å²) in [6.07, 6.45) is 0. The highest BCUT2D eigenvalue weighted by molar-refractivity contribution is 6.26. The van der Waals surface area contributed by atoms with Crippen molar-refractivity contribution in [2.45, 2.75) is 0 Å². The first-order valence-electron chi connectivity index (χ1n) is 48.7. The molecule has 0 aliphatic rings. The summed E-state index contributed by atoms with van der Waals surface area (Å²) in [4.78, 5) is 0. The van der Waals surface area contributed by atoms with Gasteiger partial charge in [0.15, 0.2) is 0 Å². The first-order valence-corrected chi connectivity index (χ1v) is 48.7. The topological polar surface area (TPSA) is 14.8 Å². The van der Waals surface area contributed by atoms with Crippen molar-refractivity contribution < 1.29 is 0 Å². The molecule has 0 aliphatic carbocycles. The number of benzene rings is 25. The summed E-state index contributed by atoms with van der Waals surface area (Å²) in [5, 5.41) is 22.8. The average molecular weight is 1790 g/mol. The Morgan fingerprint density at radius 2 is 0.270 bits per heavy atom. The van der Waals surface area contributed by atoms with Crippen molar-refractivity contribution in [2.24, 2.45) is 0 Å². The fraction of sp³-hybridized carbons (Fsp3) is 0. The third-order valence-electron chi connectivity index (χ3n) is 28.8. The summed E-state index contributed by atoms with van der Waals surface area (Å²) in [5.74, 6) is 0. The second-order valence-corrected chi connectivity index (χ2v) is 36.7. The minimum Gasteiger partial charge on any atom is -0.309 e.